The van der Waals surface area contributed by atoms with Crippen molar-refractivity contribution in [2.75, 3.05) is 13.2 Å². The molecule has 1 aromatic carbocycles. The highest BCUT2D eigenvalue weighted by Crippen LogP contribution is 2.28. The van der Waals surface area contributed by atoms with Crippen LogP contribution < -0.4 is 4.74 Å². The standard InChI is InChI=1S/C12H14ClF3O2/c1-8(2)9-3-4-11(10(13)7-9)17-5-6-18-12(14,15)16/h3-4,7-8H,5-6H2,1-2H3. The number of benzene rings is 1. The molecular formula is C12H14ClF3O2. The van der Waals surface area contributed by atoms with Crippen LogP contribution in [-0.4, -0.2) is 19.6 Å². The Hall–Kier alpha value is -0.940. The lowest BCUT2D eigenvalue weighted by atomic mass is 10.0. The first kappa shape index (κ1) is 15.1. The molecule has 0 N–H and O–H groups in total. The molecule has 0 spiro atoms. The van der Waals surface area contributed by atoms with Crippen molar-refractivity contribution in [3.8, 4) is 5.75 Å². The predicted molar refractivity (Wildman–Crippen MR) is 63.0 cm³/mol. The van der Waals surface area contributed by atoms with Gasteiger partial charge in [-0.25, -0.2) is 0 Å². The summed E-state index contributed by atoms with van der Waals surface area (Å²) in [5, 5.41) is 0.383. The van der Waals surface area contributed by atoms with Crippen molar-refractivity contribution in [1.29, 1.82) is 0 Å². The molecule has 102 valence electrons. The largest absolute Gasteiger partial charge is 0.522 e. The smallest absolute Gasteiger partial charge is 0.490 e. The lowest BCUT2D eigenvalue weighted by Crippen LogP contribution is -2.18. The fourth-order valence-electron chi connectivity index (χ4n) is 1.30. The molecule has 2 nitrogen and oxygen atoms in total. The molecule has 1 rings (SSSR count). The van der Waals surface area contributed by atoms with Crippen molar-refractivity contribution in [3.05, 3.63) is 28.8 Å². The van der Waals surface area contributed by atoms with Crippen LogP contribution in [-0.2, 0) is 4.74 Å². The van der Waals surface area contributed by atoms with Gasteiger partial charge in [0.1, 0.15) is 12.4 Å². The molecule has 0 fully saturated rings. The van der Waals surface area contributed by atoms with Gasteiger partial charge >= 0.3 is 6.36 Å². The summed E-state index contributed by atoms with van der Waals surface area (Å²) in [5.74, 6) is 0.678. The number of rotatable bonds is 5. The third-order valence-corrected chi connectivity index (χ3v) is 2.52. The van der Waals surface area contributed by atoms with Crippen LogP contribution >= 0.6 is 11.6 Å². The van der Waals surface area contributed by atoms with Crippen molar-refractivity contribution in [3.63, 3.8) is 0 Å². The quantitative estimate of drug-likeness (QED) is 0.746. The molecule has 0 saturated carbocycles. The van der Waals surface area contributed by atoms with Crippen LogP contribution in [0.25, 0.3) is 0 Å². The molecule has 0 bridgehead atoms. The normalized spacial score (nSPS) is 11.9. The van der Waals surface area contributed by atoms with Crippen LogP contribution in [0.2, 0.25) is 5.02 Å². The Labute approximate surface area is 109 Å². The Morgan fingerprint density at radius 2 is 1.89 bits per heavy atom. The second-order valence-electron chi connectivity index (χ2n) is 3.99. The molecule has 0 saturated heterocycles. The monoisotopic (exact) mass is 282 g/mol. The maximum atomic E-state index is 11.7. The summed E-state index contributed by atoms with van der Waals surface area (Å²) in [6, 6.07) is 5.22. The van der Waals surface area contributed by atoms with Crippen LogP contribution in [0.1, 0.15) is 25.3 Å². The van der Waals surface area contributed by atoms with E-state index in [9.17, 15) is 13.2 Å². The number of halogens is 4. The second kappa shape index (κ2) is 6.29. The van der Waals surface area contributed by atoms with Gasteiger partial charge in [0.2, 0.25) is 0 Å². The lowest BCUT2D eigenvalue weighted by Gasteiger charge is -2.12. The summed E-state index contributed by atoms with van der Waals surface area (Å²) in [5.41, 5.74) is 1.04. The van der Waals surface area contributed by atoms with Crippen molar-refractivity contribution in [2.45, 2.75) is 26.1 Å². The van der Waals surface area contributed by atoms with E-state index in [1.54, 1.807) is 12.1 Å². The Kier molecular flexibility index (Phi) is 5.28. The van der Waals surface area contributed by atoms with Gasteiger partial charge in [-0.3, -0.25) is 4.74 Å². The molecule has 0 aliphatic heterocycles. The van der Waals surface area contributed by atoms with E-state index < -0.39 is 13.0 Å². The van der Waals surface area contributed by atoms with Crippen LogP contribution in [0.3, 0.4) is 0 Å². The Bertz CT molecular complexity index is 391. The first-order valence-electron chi connectivity index (χ1n) is 5.42. The second-order valence-corrected chi connectivity index (χ2v) is 4.39. The summed E-state index contributed by atoms with van der Waals surface area (Å²) in [7, 11) is 0. The van der Waals surface area contributed by atoms with Crippen molar-refractivity contribution < 1.29 is 22.6 Å². The summed E-state index contributed by atoms with van der Waals surface area (Å²) >= 11 is 5.95. The summed E-state index contributed by atoms with van der Waals surface area (Å²) in [4.78, 5) is 0. The maximum absolute atomic E-state index is 11.7. The molecule has 0 atom stereocenters. The van der Waals surface area contributed by atoms with Gasteiger partial charge in [0.15, 0.2) is 0 Å². The number of hydrogen-bond acceptors (Lipinski definition) is 2. The fraction of sp³-hybridized carbons (Fsp3) is 0.500. The average molecular weight is 283 g/mol. The third-order valence-electron chi connectivity index (χ3n) is 2.23. The van der Waals surface area contributed by atoms with Gasteiger partial charge in [-0.2, -0.15) is 0 Å². The average Bonchev–Trinajstić information content (AvgIpc) is 2.24. The fourth-order valence-corrected chi connectivity index (χ4v) is 1.55. The molecule has 1 aromatic rings. The number of hydrogen-bond donors (Lipinski definition) is 0. The van der Waals surface area contributed by atoms with E-state index in [0.29, 0.717) is 16.7 Å². The van der Waals surface area contributed by atoms with E-state index in [-0.39, 0.29) is 6.61 Å². The van der Waals surface area contributed by atoms with E-state index in [4.69, 9.17) is 16.3 Å². The summed E-state index contributed by atoms with van der Waals surface area (Å²) in [6.07, 6.45) is -4.63. The Morgan fingerprint density at radius 1 is 1.22 bits per heavy atom. The van der Waals surface area contributed by atoms with Gasteiger partial charge in [-0.05, 0) is 23.6 Å². The van der Waals surface area contributed by atoms with Crippen LogP contribution in [0.4, 0.5) is 13.2 Å². The zero-order chi connectivity index (χ0) is 13.8. The van der Waals surface area contributed by atoms with E-state index in [1.165, 1.54) is 0 Å². The van der Waals surface area contributed by atoms with Gasteiger partial charge in [-0.15, -0.1) is 13.2 Å². The van der Waals surface area contributed by atoms with Gasteiger partial charge < -0.3 is 4.74 Å². The van der Waals surface area contributed by atoms with E-state index >= 15 is 0 Å². The molecule has 0 aliphatic carbocycles. The summed E-state index contributed by atoms with van der Waals surface area (Å²) in [6.45, 7) is 3.26. The van der Waals surface area contributed by atoms with Gasteiger partial charge in [0.05, 0.1) is 11.6 Å². The molecule has 0 radical (unpaired) electrons. The zero-order valence-corrected chi connectivity index (χ0v) is 10.8. The van der Waals surface area contributed by atoms with Crippen molar-refractivity contribution in [1.82, 2.24) is 0 Å². The molecule has 0 aromatic heterocycles. The van der Waals surface area contributed by atoms with E-state index in [2.05, 4.69) is 4.74 Å². The van der Waals surface area contributed by atoms with Crippen LogP contribution in [0, 0.1) is 0 Å². The number of ether oxygens (including phenoxy) is 2. The Balaban J connectivity index is 2.48. The van der Waals surface area contributed by atoms with E-state index in [1.807, 2.05) is 19.9 Å². The molecule has 0 aliphatic rings. The highest BCUT2D eigenvalue weighted by atomic mass is 35.5. The minimum Gasteiger partial charge on any atom is -0.490 e. The molecule has 18 heavy (non-hydrogen) atoms. The highest BCUT2D eigenvalue weighted by molar-refractivity contribution is 6.32. The summed E-state index contributed by atoms with van der Waals surface area (Å²) < 4.78 is 43.8. The van der Waals surface area contributed by atoms with Gasteiger partial charge in [-0.1, -0.05) is 31.5 Å². The number of alkyl halides is 3. The van der Waals surface area contributed by atoms with Crippen molar-refractivity contribution >= 4 is 11.6 Å². The Morgan fingerprint density at radius 3 is 2.39 bits per heavy atom. The highest BCUT2D eigenvalue weighted by Gasteiger charge is 2.28. The molecule has 0 unspecified atom stereocenters. The minimum absolute atomic E-state index is 0.208. The van der Waals surface area contributed by atoms with Gasteiger partial charge in [0.25, 0.3) is 0 Å². The SMILES string of the molecule is CC(C)c1ccc(OCCOC(F)(F)F)c(Cl)c1. The molecule has 0 heterocycles. The van der Waals surface area contributed by atoms with E-state index in [0.717, 1.165) is 5.56 Å². The topological polar surface area (TPSA) is 18.5 Å². The first-order chi connectivity index (χ1) is 8.29. The van der Waals surface area contributed by atoms with Gasteiger partial charge in [0, 0.05) is 0 Å². The first-order valence-corrected chi connectivity index (χ1v) is 5.80. The molecule has 0 amide bonds. The maximum Gasteiger partial charge on any atom is 0.522 e. The zero-order valence-electron chi connectivity index (χ0n) is 10.1. The molecular weight excluding hydrogens is 269 g/mol. The minimum atomic E-state index is -4.63. The molecule has 6 heteroatoms. The third kappa shape index (κ3) is 5.14. The predicted octanol–water partition coefficient (Wildman–Crippen LogP) is 4.38. The van der Waals surface area contributed by atoms with Crippen LogP contribution in [0.5, 0.6) is 5.75 Å². The lowest BCUT2D eigenvalue weighted by molar-refractivity contribution is -0.325. The van der Waals surface area contributed by atoms with Crippen molar-refractivity contribution in [2.24, 2.45) is 0 Å². The van der Waals surface area contributed by atoms with Crippen LogP contribution in [0.15, 0.2) is 18.2 Å².